The Hall–Kier alpha value is -2.42. The average Bonchev–Trinajstić information content (AvgIpc) is 2.65. The molecule has 0 aliphatic heterocycles. The Bertz CT molecular complexity index is 795. The van der Waals surface area contributed by atoms with Crippen LogP contribution in [0.4, 0.5) is 0 Å². The molecule has 2 aromatic rings. The lowest BCUT2D eigenvalue weighted by atomic mass is 9.92. The van der Waals surface area contributed by atoms with Gasteiger partial charge in [-0.15, -0.1) is 0 Å². The first-order valence-electron chi connectivity index (χ1n) is 9.49. The van der Waals surface area contributed by atoms with Crippen molar-refractivity contribution in [3.05, 3.63) is 48.0 Å². The zero-order chi connectivity index (χ0) is 20.5. The summed E-state index contributed by atoms with van der Waals surface area (Å²) in [5, 5.41) is 25.4. The molecule has 0 aliphatic rings. The Kier molecular flexibility index (Phi) is 8.44. The minimum atomic E-state index is -1.64. The predicted molar refractivity (Wildman–Crippen MR) is 111 cm³/mol. The first-order valence-corrected chi connectivity index (χ1v) is 9.49. The Morgan fingerprint density at radius 1 is 1.14 bits per heavy atom. The fourth-order valence-corrected chi connectivity index (χ4v) is 3.16. The Morgan fingerprint density at radius 2 is 1.86 bits per heavy atom. The number of nitrogens with one attached hydrogen (secondary N) is 2. The highest BCUT2D eigenvalue weighted by Crippen LogP contribution is 2.20. The number of hydrogen-bond donors (Lipinski definition) is 4. The molecule has 0 aromatic heterocycles. The van der Waals surface area contributed by atoms with Crippen LogP contribution in [0.5, 0.6) is 0 Å². The van der Waals surface area contributed by atoms with Gasteiger partial charge in [0.1, 0.15) is 6.04 Å². The summed E-state index contributed by atoms with van der Waals surface area (Å²) >= 11 is 0. The molecule has 0 fully saturated rings. The molecule has 0 heterocycles. The van der Waals surface area contributed by atoms with E-state index in [1.54, 1.807) is 0 Å². The lowest BCUT2D eigenvalue weighted by Gasteiger charge is -2.21. The molecule has 0 radical (unpaired) electrons. The maximum Gasteiger partial charge on any atom is 0.472 e. The number of likely N-dealkylation sites (N-methyl/N-ethyl adjacent to an activating group) is 1. The van der Waals surface area contributed by atoms with E-state index in [0.717, 1.165) is 29.3 Å². The molecular formula is C20H28BN3O4. The molecule has 0 bridgehead atoms. The second kappa shape index (κ2) is 10.8. The van der Waals surface area contributed by atoms with E-state index in [4.69, 9.17) is 10.0 Å². The van der Waals surface area contributed by atoms with Crippen LogP contribution >= 0.6 is 0 Å². The van der Waals surface area contributed by atoms with Gasteiger partial charge in [0.15, 0.2) is 0 Å². The van der Waals surface area contributed by atoms with Gasteiger partial charge in [-0.25, -0.2) is 0 Å². The van der Waals surface area contributed by atoms with E-state index in [2.05, 4.69) is 10.6 Å². The number of amides is 2. The number of carbonyl (C=O) groups excluding carboxylic acids is 2. The summed E-state index contributed by atoms with van der Waals surface area (Å²) in [6.45, 7) is 3.01. The number of carbonyl (C=O) groups is 2. The predicted octanol–water partition coefficient (Wildman–Crippen LogP) is 0.337. The highest BCUT2D eigenvalue weighted by atomic mass is 16.4. The second-order valence-electron chi connectivity index (χ2n) is 6.93. The van der Waals surface area contributed by atoms with Gasteiger partial charge >= 0.3 is 7.12 Å². The normalized spacial score (nSPS) is 12.0. The van der Waals surface area contributed by atoms with Gasteiger partial charge in [-0.1, -0.05) is 49.4 Å². The largest absolute Gasteiger partial charge is 0.472 e. The SMILES string of the molecule is CCCN(C)CC(=O)N[C@@H](Cc1cccc2ccccc12)C(=O)NCB(O)O. The lowest BCUT2D eigenvalue weighted by Crippen LogP contribution is -2.51. The molecule has 0 saturated heterocycles. The van der Waals surface area contributed by atoms with Crippen LogP contribution in [0.3, 0.4) is 0 Å². The molecule has 1 atom stereocenters. The van der Waals surface area contributed by atoms with Crippen LogP contribution in [0, 0.1) is 0 Å². The van der Waals surface area contributed by atoms with Crippen LogP contribution in [-0.4, -0.2) is 66.5 Å². The average molecular weight is 385 g/mol. The Labute approximate surface area is 165 Å². The third-order valence-corrected chi connectivity index (χ3v) is 4.43. The van der Waals surface area contributed by atoms with E-state index < -0.39 is 19.1 Å². The van der Waals surface area contributed by atoms with Crippen molar-refractivity contribution in [1.82, 2.24) is 15.5 Å². The van der Waals surface area contributed by atoms with E-state index >= 15 is 0 Å². The lowest BCUT2D eigenvalue weighted by molar-refractivity contribution is -0.129. The molecule has 8 heteroatoms. The number of hydrogen-bond acceptors (Lipinski definition) is 5. The molecule has 2 amide bonds. The molecule has 28 heavy (non-hydrogen) atoms. The Balaban J connectivity index is 2.17. The summed E-state index contributed by atoms with van der Waals surface area (Å²) in [7, 11) is 0.207. The van der Waals surface area contributed by atoms with Crippen LogP contribution in [0.25, 0.3) is 10.8 Å². The number of benzene rings is 2. The van der Waals surface area contributed by atoms with Crippen molar-refractivity contribution in [2.45, 2.75) is 25.8 Å². The third kappa shape index (κ3) is 6.63. The van der Waals surface area contributed by atoms with Gasteiger partial charge < -0.3 is 20.7 Å². The van der Waals surface area contributed by atoms with E-state index in [9.17, 15) is 9.59 Å². The minimum Gasteiger partial charge on any atom is -0.426 e. The second-order valence-corrected chi connectivity index (χ2v) is 6.93. The van der Waals surface area contributed by atoms with Crippen molar-refractivity contribution >= 4 is 29.7 Å². The maximum absolute atomic E-state index is 12.6. The zero-order valence-electron chi connectivity index (χ0n) is 16.4. The molecule has 0 saturated carbocycles. The maximum atomic E-state index is 12.6. The minimum absolute atomic E-state index is 0.190. The smallest absolute Gasteiger partial charge is 0.426 e. The highest BCUT2D eigenvalue weighted by molar-refractivity contribution is 6.41. The zero-order valence-corrected chi connectivity index (χ0v) is 16.4. The third-order valence-electron chi connectivity index (χ3n) is 4.43. The highest BCUT2D eigenvalue weighted by Gasteiger charge is 2.23. The standard InChI is InChI=1S/C20H28BN3O4/c1-3-11-24(2)13-19(25)23-18(20(26)22-14-21(27)28)12-16-9-6-8-15-7-4-5-10-17(15)16/h4-10,18,27-28H,3,11-14H2,1-2H3,(H,22,26)(H,23,25)/t18-/m0/s1. The van der Waals surface area contributed by atoms with Crippen LogP contribution in [0.15, 0.2) is 42.5 Å². The van der Waals surface area contributed by atoms with Gasteiger partial charge in [-0.05, 0) is 36.3 Å². The van der Waals surface area contributed by atoms with Crippen LogP contribution in [-0.2, 0) is 16.0 Å². The van der Waals surface area contributed by atoms with Crippen LogP contribution in [0.1, 0.15) is 18.9 Å². The summed E-state index contributed by atoms with van der Waals surface area (Å²) in [6, 6.07) is 12.9. The summed E-state index contributed by atoms with van der Waals surface area (Å²) in [5.74, 6) is -0.701. The molecular weight excluding hydrogens is 357 g/mol. The summed E-state index contributed by atoms with van der Waals surface area (Å²) in [5.41, 5.74) is 0.935. The fraction of sp³-hybridized carbons (Fsp3) is 0.400. The number of fused-ring (bicyclic) bond motifs is 1. The van der Waals surface area contributed by atoms with E-state index in [1.165, 1.54) is 0 Å². The van der Waals surface area contributed by atoms with Gasteiger partial charge in [0.05, 0.1) is 13.0 Å². The van der Waals surface area contributed by atoms with Crippen LogP contribution in [0.2, 0.25) is 0 Å². The molecule has 0 unspecified atom stereocenters. The van der Waals surface area contributed by atoms with E-state index in [1.807, 2.05) is 61.3 Å². The quantitative estimate of drug-likeness (QED) is 0.442. The Morgan fingerprint density at radius 3 is 2.57 bits per heavy atom. The van der Waals surface area contributed by atoms with Gasteiger partial charge in [0, 0.05) is 6.42 Å². The fourth-order valence-electron chi connectivity index (χ4n) is 3.16. The molecule has 0 spiro atoms. The summed E-state index contributed by atoms with van der Waals surface area (Å²) in [4.78, 5) is 26.9. The monoisotopic (exact) mass is 385 g/mol. The van der Waals surface area contributed by atoms with Gasteiger partial charge in [-0.3, -0.25) is 14.5 Å². The topological polar surface area (TPSA) is 102 Å². The van der Waals surface area contributed by atoms with E-state index in [-0.39, 0.29) is 18.9 Å². The number of nitrogens with zero attached hydrogens (tertiary/aromatic N) is 1. The van der Waals surface area contributed by atoms with Crippen molar-refractivity contribution in [3.63, 3.8) is 0 Å². The molecule has 4 N–H and O–H groups in total. The van der Waals surface area contributed by atoms with Crippen molar-refractivity contribution in [2.75, 3.05) is 26.6 Å². The van der Waals surface area contributed by atoms with Crippen molar-refractivity contribution in [3.8, 4) is 0 Å². The van der Waals surface area contributed by atoms with E-state index in [0.29, 0.717) is 6.42 Å². The van der Waals surface area contributed by atoms with Gasteiger partial charge in [-0.2, -0.15) is 0 Å². The van der Waals surface area contributed by atoms with Crippen molar-refractivity contribution in [1.29, 1.82) is 0 Å². The summed E-state index contributed by atoms with van der Waals surface area (Å²) in [6.07, 6.45) is 0.937. The van der Waals surface area contributed by atoms with Gasteiger partial charge in [0.2, 0.25) is 11.8 Å². The molecule has 150 valence electrons. The molecule has 0 aliphatic carbocycles. The van der Waals surface area contributed by atoms with Crippen molar-refractivity contribution in [2.24, 2.45) is 0 Å². The van der Waals surface area contributed by atoms with Gasteiger partial charge in [0.25, 0.3) is 0 Å². The number of rotatable bonds is 10. The van der Waals surface area contributed by atoms with Crippen LogP contribution < -0.4 is 10.6 Å². The molecule has 2 aromatic carbocycles. The molecule has 2 rings (SSSR count). The van der Waals surface area contributed by atoms with Crippen molar-refractivity contribution < 1.29 is 19.6 Å². The summed E-state index contributed by atoms with van der Waals surface area (Å²) < 4.78 is 0. The first kappa shape index (κ1) is 21.9. The molecule has 7 nitrogen and oxygen atoms in total. The first-order chi connectivity index (χ1) is 13.4.